The van der Waals surface area contributed by atoms with Gasteiger partial charge >= 0.3 is 0 Å². The zero-order chi connectivity index (χ0) is 12.0. The minimum Gasteiger partial charge on any atom is -0.392 e. The molecule has 0 heterocycles. The van der Waals surface area contributed by atoms with Crippen LogP contribution in [0.1, 0.15) is 52.9 Å². The van der Waals surface area contributed by atoms with Crippen LogP contribution in [0, 0.1) is 11.8 Å². The largest absolute Gasteiger partial charge is 0.392 e. The Hall–Kier alpha value is -0.0800. The fraction of sp³-hybridized carbons (Fsp3) is 1.00. The lowest BCUT2D eigenvalue weighted by Gasteiger charge is -2.26. The van der Waals surface area contributed by atoms with Crippen LogP contribution < -0.4 is 0 Å². The molecular weight excluding hydrogens is 198 g/mol. The summed E-state index contributed by atoms with van der Waals surface area (Å²) in [6.45, 7) is 9.70. The first-order chi connectivity index (χ1) is 7.61. The standard InChI is InChI=1S/C14H29NO/c1-4-15(10-12(2)3)11-14(16)9-13-7-5-6-8-13/h12-14,16H,4-11H2,1-3H3. The van der Waals surface area contributed by atoms with Crippen molar-refractivity contribution in [3.05, 3.63) is 0 Å². The summed E-state index contributed by atoms with van der Waals surface area (Å²) in [6, 6.07) is 0. The Balaban J connectivity index is 2.21. The maximum absolute atomic E-state index is 10.1. The first-order valence-electron chi connectivity index (χ1n) is 7.02. The van der Waals surface area contributed by atoms with Crippen molar-refractivity contribution in [1.82, 2.24) is 4.90 Å². The van der Waals surface area contributed by atoms with E-state index < -0.39 is 0 Å². The van der Waals surface area contributed by atoms with Gasteiger partial charge in [-0.15, -0.1) is 0 Å². The summed E-state index contributed by atoms with van der Waals surface area (Å²) in [5, 5.41) is 10.1. The van der Waals surface area contributed by atoms with E-state index in [4.69, 9.17) is 0 Å². The molecule has 1 unspecified atom stereocenters. The maximum atomic E-state index is 10.1. The smallest absolute Gasteiger partial charge is 0.0669 e. The molecular formula is C14H29NO. The molecule has 2 heteroatoms. The molecule has 1 atom stereocenters. The second-order valence-electron chi connectivity index (χ2n) is 5.79. The van der Waals surface area contributed by atoms with Crippen LogP contribution in [0.25, 0.3) is 0 Å². The van der Waals surface area contributed by atoms with Gasteiger partial charge in [0.2, 0.25) is 0 Å². The average molecular weight is 227 g/mol. The summed E-state index contributed by atoms with van der Waals surface area (Å²) in [5.41, 5.74) is 0. The molecule has 0 spiro atoms. The molecule has 0 amide bonds. The van der Waals surface area contributed by atoms with Gasteiger partial charge in [0.15, 0.2) is 0 Å². The predicted molar refractivity (Wildman–Crippen MR) is 69.5 cm³/mol. The normalized spacial score (nSPS) is 19.9. The number of hydrogen-bond donors (Lipinski definition) is 1. The van der Waals surface area contributed by atoms with Crippen LogP contribution in [-0.4, -0.2) is 35.7 Å². The van der Waals surface area contributed by atoms with E-state index in [0.29, 0.717) is 5.92 Å². The molecule has 0 aliphatic heterocycles. The SMILES string of the molecule is CCN(CC(C)C)CC(O)CC1CCCC1. The van der Waals surface area contributed by atoms with E-state index in [9.17, 15) is 5.11 Å². The van der Waals surface area contributed by atoms with Crippen molar-refractivity contribution in [3.8, 4) is 0 Å². The second kappa shape index (κ2) is 7.29. The molecule has 1 aliphatic carbocycles. The summed E-state index contributed by atoms with van der Waals surface area (Å²) < 4.78 is 0. The van der Waals surface area contributed by atoms with Crippen molar-refractivity contribution in [3.63, 3.8) is 0 Å². The van der Waals surface area contributed by atoms with Gasteiger partial charge in [0.1, 0.15) is 0 Å². The summed E-state index contributed by atoms with van der Waals surface area (Å²) in [7, 11) is 0. The highest BCUT2D eigenvalue weighted by atomic mass is 16.3. The molecule has 1 fully saturated rings. The van der Waals surface area contributed by atoms with Gasteiger partial charge in [-0.1, -0.05) is 46.5 Å². The first-order valence-corrected chi connectivity index (χ1v) is 7.02. The van der Waals surface area contributed by atoms with E-state index in [1.807, 2.05) is 0 Å². The summed E-state index contributed by atoms with van der Waals surface area (Å²) in [6.07, 6.45) is 6.35. The Bertz CT molecular complexity index is 176. The van der Waals surface area contributed by atoms with Gasteiger partial charge < -0.3 is 10.0 Å². The van der Waals surface area contributed by atoms with Gasteiger partial charge in [0, 0.05) is 13.1 Å². The zero-order valence-electron chi connectivity index (χ0n) is 11.3. The molecule has 0 aromatic rings. The van der Waals surface area contributed by atoms with Gasteiger partial charge in [0.25, 0.3) is 0 Å². The topological polar surface area (TPSA) is 23.5 Å². The molecule has 0 bridgehead atoms. The highest BCUT2D eigenvalue weighted by molar-refractivity contribution is 4.73. The van der Waals surface area contributed by atoms with Crippen molar-refractivity contribution in [2.24, 2.45) is 11.8 Å². The number of hydrogen-bond acceptors (Lipinski definition) is 2. The fourth-order valence-corrected chi connectivity index (χ4v) is 2.85. The molecule has 0 aromatic heterocycles. The number of rotatable bonds is 7. The average Bonchev–Trinajstić information content (AvgIpc) is 2.68. The summed E-state index contributed by atoms with van der Waals surface area (Å²) >= 11 is 0. The molecule has 1 saturated carbocycles. The minimum absolute atomic E-state index is 0.109. The van der Waals surface area contributed by atoms with Gasteiger partial charge in [-0.25, -0.2) is 0 Å². The van der Waals surface area contributed by atoms with Crippen molar-refractivity contribution < 1.29 is 5.11 Å². The number of aliphatic hydroxyl groups excluding tert-OH is 1. The highest BCUT2D eigenvalue weighted by Crippen LogP contribution is 2.28. The van der Waals surface area contributed by atoms with Crippen LogP contribution in [0.5, 0.6) is 0 Å². The number of nitrogens with zero attached hydrogens (tertiary/aromatic N) is 1. The lowest BCUT2D eigenvalue weighted by molar-refractivity contribution is 0.0883. The van der Waals surface area contributed by atoms with Crippen LogP contribution in [0.3, 0.4) is 0 Å². The van der Waals surface area contributed by atoms with E-state index in [0.717, 1.165) is 32.0 Å². The van der Waals surface area contributed by atoms with E-state index in [1.54, 1.807) is 0 Å². The van der Waals surface area contributed by atoms with Crippen LogP contribution in [0.15, 0.2) is 0 Å². The van der Waals surface area contributed by atoms with E-state index in [1.165, 1.54) is 25.7 Å². The van der Waals surface area contributed by atoms with Crippen molar-refractivity contribution in [2.75, 3.05) is 19.6 Å². The number of likely N-dealkylation sites (N-methyl/N-ethyl adjacent to an activating group) is 1. The Kier molecular flexibility index (Phi) is 6.37. The van der Waals surface area contributed by atoms with E-state index in [-0.39, 0.29) is 6.10 Å². The van der Waals surface area contributed by atoms with Gasteiger partial charge in [0.05, 0.1) is 6.10 Å². The van der Waals surface area contributed by atoms with Crippen molar-refractivity contribution in [1.29, 1.82) is 0 Å². The maximum Gasteiger partial charge on any atom is 0.0669 e. The Morgan fingerprint density at radius 2 is 1.81 bits per heavy atom. The monoisotopic (exact) mass is 227 g/mol. The van der Waals surface area contributed by atoms with Crippen LogP contribution >= 0.6 is 0 Å². The van der Waals surface area contributed by atoms with E-state index >= 15 is 0 Å². The lowest BCUT2D eigenvalue weighted by atomic mass is 9.99. The molecule has 0 radical (unpaired) electrons. The Labute approximate surface area is 101 Å². The molecule has 1 aliphatic rings. The van der Waals surface area contributed by atoms with Gasteiger partial charge in [-0.05, 0) is 24.8 Å². The fourth-order valence-electron chi connectivity index (χ4n) is 2.85. The predicted octanol–water partition coefficient (Wildman–Crippen LogP) is 2.91. The third kappa shape index (κ3) is 5.31. The van der Waals surface area contributed by atoms with Crippen LogP contribution in [-0.2, 0) is 0 Å². The molecule has 16 heavy (non-hydrogen) atoms. The molecule has 1 N–H and O–H groups in total. The lowest BCUT2D eigenvalue weighted by Crippen LogP contribution is -2.35. The third-order valence-corrected chi connectivity index (χ3v) is 3.62. The molecule has 0 saturated heterocycles. The molecule has 0 aromatic carbocycles. The quantitative estimate of drug-likeness (QED) is 0.723. The van der Waals surface area contributed by atoms with Crippen LogP contribution in [0.2, 0.25) is 0 Å². The molecule has 1 rings (SSSR count). The number of aliphatic hydroxyl groups is 1. The van der Waals surface area contributed by atoms with Crippen molar-refractivity contribution >= 4 is 0 Å². The van der Waals surface area contributed by atoms with Gasteiger partial charge in [-0.2, -0.15) is 0 Å². The highest BCUT2D eigenvalue weighted by Gasteiger charge is 2.20. The van der Waals surface area contributed by atoms with Gasteiger partial charge in [-0.3, -0.25) is 0 Å². The molecule has 96 valence electrons. The summed E-state index contributed by atoms with van der Waals surface area (Å²) in [4.78, 5) is 2.38. The second-order valence-corrected chi connectivity index (χ2v) is 5.79. The molecule has 2 nitrogen and oxygen atoms in total. The third-order valence-electron chi connectivity index (χ3n) is 3.62. The summed E-state index contributed by atoms with van der Waals surface area (Å²) in [5.74, 6) is 1.49. The van der Waals surface area contributed by atoms with Crippen LogP contribution in [0.4, 0.5) is 0 Å². The Morgan fingerprint density at radius 3 is 2.31 bits per heavy atom. The van der Waals surface area contributed by atoms with E-state index in [2.05, 4.69) is 25.7 Å². The minimum atomic E-state index is -0.109. The Morgan fingerprint density at radius 1 is 1.19 bits per heavy atom. The zero-order valence-corrected chi connectivity index (χ0v) is 11.3. The first kappa shape index (κ1) is 14.0. The van der Waals surface area contributed by atoms with Crippen molar-refractivity contribution in [2.45, 2.75) is 59.0 Å².